The van der Waals surface area contributed by atoms with Crippen molar-refractivity contribution in [1.29, 1.82) is 5.26 Å². The van der Waals surface area contributed by atoms with Crippen molar-refractivity contribution in [1.82, 2.24) is 14.7 Å². The smallest absolute Gasteiger partial charge is 0.179 e. The molecule has 1 unspecified atom stereocenters. The van der Waals surface area contributed by atoms with Gasteiger partial charge in [0.25, 0.3) is 0 Å². The van der Waals surface area contributed by atoms with Gasteiger partial charge in [-0.1, -0.05) is 11.6 Å². The Bertz CT molecular complexity index is 1050. The molecule has 1 atom stereocenters. The van der Waals surface area contributed by atoms with Crippen molar-refractivity contribution in [2.75, 3.05) is 18.8 Å². The van der Waals surface area contributed by atoms with Gasteiger partial charge < -0.3 is 15.4 Å². The highest BCUT2D eigenvalue weighted by Crippen LogP contribution is 2.31. The largest absolute Gasteiger partial charge is 0.457 e. The van der Waals surface area contributed by atoms with Gasteiger partial charge in [0.2, 0.25) is 0 Å². The number of nitrogens with zero attached hydrogens (tertiary/aromatic N) is 4. The van der Waals surface area contributed by atoms with Gasteiger partial charge >= 0.3 is 0 Å². The zero-order chi connectivity index (χ0) is 20.4. The number of halogens is 1. The van der Waals surface area contributed by atoms with Crippen molar-refractivity contribution < 1.29 is 4.74 Å². The van der Waals surface area contributed by atoms with E-state index in [0.717, 1.165) is 47.7 Å². The minimum Gasteiger partial charge on any atom is -0.457 e. The fourth-order valence-corrected chi connectivity index (χ4v) is 3.86. The highest BCUT2D eigenvalue weighted by molar-refractivity contribution is 6.30. The summed E-state index contributed by atoms with van der Waals surface area (Å²) in [6.45, 7) is 3.41. The van der Waals surface area contributed by atoms with E-state index in [4.69, 9.17) is 32.4 Å². The number of rotatable bonds is 4. The second kappa shape index (κ2) is 8.06. The van der Waals surface area contributed by atoms with Crippen LogP contribution in [0.3, 0.4) is 0 Å². The van der Waals surface area contributed by atoms with Gasteiger partial charge in [-0.3, -0.25) is 0 Å². The zero-order valence-electron chi connectivity index (χ0n) is 16.2. The van der Waals surface area contributed by atoms with Crippen molar-refractivity contribution >= 4 is 17.4 Å². The van der Waals surface area contributed by atoms with E-state index in [2.05, 4.69) is 6.19 Å². The van der Waals surface area contributed by atoms with Gasteiger partial charge in [0.05, 0.1) is 18.3 Å². The van der Waals surface area contributed by atoms with Crippen molar-refractivity contribution in [2.24, 2.45) is 0 Å². The fourth-order valence-electron chi connectivity index (χ4n) is 3.64. The maximum atomic E-state index is 9.17. The first-order valence-corrected chi connectivity index (χ1v) is 9.95. The molecule has 1 fully saturated rings. The first-order valence-electron chi connectivity index (χ1n) is 9.57. The molecule has 1 aliphatic heterocycles. The molecule has 1 aliphatic rings. The van der Waals surface area contributed by atoms with Gasteiger partial charge in [0.15, 0.2) is 6.19 Å². The number of benzene rings is 2. The number of piperidine rings is 1. The number of aromatic nitrogens is 2. The molecular weight excluding hydrogens is 386 g/mol. The number of aryl methyl sites for hydroxylation is 1. The second-order valence-corrected chi connectivity index (χ2v) is 7.71. The molecule has 0 bridgehead atoms. The normalized spacial score (nSPS) is 16.4. The molecule has 0 spiro atoms. The van der Waals surface area contributed by atoms with Crippen LogP contribution < -0.4 is 10.5 Å². The Kier molecular flexibility index (Phi) is 5.32. The SMILES string of the molecule is Cc1cc(Cl)ccc1Oc1ccc(-c2cc(N)n(C3CCCN(C#N)C3)n2)cc1. The van der Waals surface area contributed by atoms with Crippen LogP contribution in [-0.2, 0) is 0 Å². The number of ether oxygens (including phenoxy) is 1. The molecule has 0 amide bonds. The summed E-state index contributed by atoms with van der Waals surface area (Å²) in [6.07, 6.45) is 4.16. The Morgan fingerprint density at radius 1 is 1.21 bits per heavy atom. The molecule has 7 heteroatoms. The minimum absolute atomic E-state index is 0.118. The summed E-state index contributed by atoms with van der Waals surface area (Å²) in [5.74, 6) is 2.13. The van der Waals surface area contributed by atoms with E-state index in [-0.39, 0.29) is 6.04 Å². The molecule has 2 N–H and O–H groups in total. The van der Waals surface area contributed by atoms with Gasteiger partial charge in [-0.15, -0.1) is 0 Å². The first kappa shape index (κ1) is 19.2. The van der Waals surface area contributed by atoms with E-state index >= 15 is 0 Å². The van der Waals surface area contributed by atoms with Crippen LogP contribution in [0.1, 0.15) is 24.4 Å². The van der Waals surface area contributed by atoms with Crippen LogP contribution >= 0.6 is 11.6 Å². The van der Waals surface area contributed by atoms with Crippen LogP contribution in [0.2, 0.25) is 5.02 Å². The van der Waals surface area contributed by atoms with Gasteiger partial charge in [-0.05, 0) is 67.8 Å². The molecule has 2 heterocycles. The maximum Gasteiger partial charge on any atom is 0.179 e. The summed E-state index contributed by atoms with van der Waals surface area (Å²) >= 11 is 6.00. The van der Waals surface area contributed by atoms with Gasteiger partial charge in [-0.25, -0.2) is 4.68 Å². The number of nitrogen functional groups attached to an aromatic ring is 1. The van der Waals surface area contributed by atoms with Gasteiger partial charge in [0, 0.05) is 23.2 Å². The number of likely N-dealkylation sites (tertiary alicyclic amines) is 1. The molecular formula is C22H22ClN5O. The standard InChI is InChI=1S/C22H22ClN5O/c1-15-11-17(23)6-9-21(15)29-19-7-4-16(5-8-19)20-12-22(25)28(26-20)18-3-2-10-27(13-18)14-24/h4-9,11-12,18H,2-3,10,13,25H2,1H3. The Balaban J connectivity index is 1.51. The maximum absolute atomic E-state index is 9.17. The quantitative estimate of drug-likeness (QED) is 0.615. The third-order valence-corrected chi connectivity index (χ3v) is 5.40. The number of anilines is 1. The fraction of sp³-hybridized carbons (Fsp3) is 0.273. The predicted octanol–water partition coefficient (Wildman–Crippen LogP) is 5.00. The third kappa shape index (κ3) is 4.15. The van der Waals surface area contributed by atoms with Crippen molar-refractivity contribution in [3.63, 3.8) is 0 Å². The van der Waals surface area contributed by atoms with E-state index in [1.807, 2.05) is 60.1 Å². The Morgan fingerprint density at radius 3 is 2.72 bits per heavy atom. The van der Waals surface area contributed by atoms with Crippen molar-refractivity contribution in [3.05, 3.63) is 59.1 Å². The van der Waals surface area contributed by atoms with Crippen LogP contribution in [0.25, 0.3) is 11.3 Å². The van der Waals surface area contributed by atoms with Crippen LogP contribution in [0.5, 0.6) is 11.5 Å². The van der Waals surface area contributed by atoms with E-state index in [1.54, 1.807) is 4.90 Å². The van der Waals surface area contributed by atoms with E-state index in [1.165, 1.54) is 0 Å². The molecule has 0 saturated carbocycles. The number of nitrogens with two attached hydrogens (primary N) is 1. The number of hydrogen-bond donors (Lipinski definition) is 1. The van der Waals surface area contributed by atoms with Crippen LogP contribution in [0.15, 0.2) is 48.5 Å². The summed E-state index contributed by atoms with van der Waals surface area (Å²) in [5, 5.41) is 14.6. The average molecular weight is 408 g/mol. The molecule has 29 heavy (non-hydrogen) atoms. The minimum atomic E-state index is 0.118. The monoisotopic (exact) mass is 407 g/mol. The molecule has 4 rings (SSSR count). The molecule has 1 aromatic heterocycles. The molecule has 1 saturated heterocycles. The van der Waals surface area contributed by atoms with E-state index in [9.17, 15) is 0 Å². The average Bonchev–Trinajstić information content (AvgIpc) is 3.12. The molecule has 2 aromatic carbocycles. The summed E-state index contributed by atoms with van der Waals surface area (Å²) in [7, 11) is 0. The lowest BCUT2D eigenvalue weighted by atomic mass is 10.1. The zero-order valence-corrected chi connectivity index (χ0v) is 16.9. The Labute approximate surface area is 175 Å². The molecule has 6 nitrogen and oxygen atoms in total. The topological polar surface area (TPSA) is 80.1 Å². The lowest BCUT2D eigenvalue weighted by Gasteiger charge is -2.29. The van der Waals surface area contributed by atoms with Crippen LogP contribution in [-0.4, -0.2) is 27.8 Å². The second-order valence-electron chi connectivity index (χ2n) is 7.28. The van der Waals surface area contributed by atoms with Gasteiger partial charge in [0.1, 0.15) is 17.3 Å². The molecule has 0 radical (unpaired) electrons. The molecule has 148 valence electrons. The third-order valence-electron chi connectivity index (χ3n) is 5.16. The lowest BCUT2D eigenvalue weighted by molar-refractivity contribution is 0.235. The van der Waals surface area contributed by atoms with Crippen molar-refractivity contribution in [3.8, 4) is 28.9 Å². The van der Waals surface area contributed by atoms with E-state index < -0.39 is 0 Å². The number of hydrogen-bond acceptors (Lipinski definition) is 5. The summed E-state index contributed by atoms with van der Waals surface area (Å²) in [4.78, 5) is 1.76. The predicted molar refractivity (Wildman–Crippen MR) is 114 cm³/mol. The summed E-state index contributed by atoms with van der Waals surface area (Å²) in [5.41, 5.74) is 8.97. The first-order chi connectivity index (χ1) is 14.0. The molecule has 0 aliphatic carbocycles. The number of nitriles is 1. The lowest BCUT2D eigenvalue weighted by Crippen LogP contribution is -2.34. The summed E-state index contributed by atoms with van der Waals surface area (Å²) in [6, 6.07) is 15.3. The Hall–Kier alpha value is -3.17. The van der Waals surface area contributed by atoms with Crippen molar-refractivity contribution in [2.45, 2.75) is 25.8 Å². The van der Waals surface area contributed by atoms with Crippen LogP contribution in [0, 0.1) is 18.4 Å². The highest BCUT2D eigenvalue weighted by atomic mass is 35.5. The van der Waals surface area contributed by atoms with E-state index in [0.29, 0.717) is 17.4 Å². The molecule has 3 aromatic rings. The Morgan fingerprint density at radius 2 is 2.00 bits per heavy atom. The summed E-state index contributed by atoms with van der Waals surface area (Å²) < 4.78 is 7.81. The van der Waals surface area contributed by atoms with Gasteiger partial charge in [-0.2, -0.15) is 10.4 Å². The highest BCUT2D eigenvalue weighted by Gasteiger charge is 2.23. The van der Waals surface area contributed by atoms with Crippen LogP contribution in [0.4, 0.5) is 5.82 Å².